The zero-order chi connectivity index (χ0) is 15.6. The van der Waals surface area contributed by atoms with Gasteiger partial charge in [-0.15, -0.1) is 0 Å². The number of nitrogens with zero attached hydrogens (tertiary/aromatic N) is 1. The van der Waals surface area contributed by atoms with Gasteiger partial charge in [-0.05, 0) is 36.6 Å². The Bertz CT molecular complexity index is 526. The molecule has 1 saturated heterocycles. The summed E-state index contributed by atoms with van der Waals surface area (Å²) < 4.78 is 14.3. The normalized spacial score (nSPS) is 25.4. The van der Waals surface area contributed by atoms with Gasteiger partial charge in [0.25, 0.3) is 0 Å². The highest BCUT2D eigenvalue weighted by atomic mass is 19.1. The van der Waals surface area contributed by atoms with E-state index in [4.69, 9.17) is 5.73 Å². The Balaban J connectivity index is 2.22. The fraction of sp³-hybridized carbons (Fsp3) is 0.556. The van der Waals surface area contributed by atoms with Gasteiger partial charge in [0, 0.05) is 29.8 Å². The molecule has 1 aliphatic rings. The number of halogens is 1. The Morgan fingerprint density at radius 1 is 1.48 bits per heavy atom. The van der Waals surface area contributed by atoms with Crippen LogP contribution in [0.1, 0.15) is 38.3 Å². The largest absolute Gasteiger partial charge is 0.371 e. The van der Waals surface area contributed by atoms with Crippen LogP contribution in [0.2, 0.25) is 0 Å². The second-order valence-electron chi connectivity index (χ2n) is 6.46. The Labute approximate surface area is 127 Å². The van der Waals surface area contributed by atoms with Gasteiger partial charge in [-0.2, -0.15) is 0 Å². The lowest BCUT2D eigenvalue weighted by Gasteiger charge is -2.28. The topological polar surface area (TPSA) is 29.3 Å². The molecule has 0 amide bonds. The van der Waals surface area contributed by atoms with E-state index in [1.54, 1.807) is 6.07 Å². The SMILES string of the molecule is C=C(c1ccc(CC)cc1F)N1C[C@@H](CC)[C@@](C)(CN)C1. The average Bonchev–Trinajstić information content (AvgIpc) is 2.84. The zero-order valence-electron chi connectivity index (χ0n) is 13.5. The van der Waals surface area contributed by atoms with E-state index in [0.29, 0.717) is 18.0 Å². The van der Waals surface area contributed by atoms with Crippen molar-refractivity contribution in [3.05, 3.63) is 41.7 Å². The van der Waals surface area contributed by atoms with Crippen LogP contribution in [0.3, 0.4) is 0 Å². The fourth-order valence-corrected chi connectivity index (χ4v) is 3.36. The molecule has 2 atom stereocenters. The quantitative estimate of drug-likeness (QED) is 0.896. The first-order valence-electron chi connectivity index (χ1n) is 7.87. The maximum absolute atomic E-state index is 14.3. The summed E-state index contributed by atoms with van der Waals surface area (Å²) in [7, 11) is 0. The van der Waals surface area contributed by atoms with Crippen molar-refractivity contribution in [3.8, 4) is 0 Å². The first-order chi connectivity index (χ1) is 9.95. The van der Waals surface area contributed by atoms with Crippen molar-refractivity contribution < 1.29 is 4.39 Å². The molecule has 3 heteroatoms. The first-order valence-corrected chi connectivity index (χ1v) is 7.87. The molecule has 0 radical (unpaired) electrons. The van der Waals surface area contributed by atoms with Crippen molar-refractivity contribution in [3.63, 3.8) is 0 Å². The lowest BCUT2D eigenvalue weighted by molar-refractivity contribution is 0.257. The molecule has 0 aromatic heterocycles. The van der Waals surface area contributed by atoms with Gasteiger partial charge in [0.1, 0.15) is 5.82 Å². The van der Waals surface area contributed by atoms with E-state index in [9.17, 15) is 4.39 Å². The second kappa shape index (κ2) is 6.18. The number of hydrogen-bond acceptors (Lipinski definition) is 2. The molecule has 2 N–H and O–H groups in total. The van der Waals surface area contributed by atoms with Crippen LogP contribution in [0.25, 0.3) is 5.70 Å². The fourth-order valence-electron chi connectivity index (χ4n) is 3.36. The van der Waals surface area contributed by atoms with Crippen LogP contribution in [-0.4, -0.2) is 24.5 Å². The molecule has 1 heterocycles. The van der Waals surface area contributed by atoms with Crippen molar-refractivity contribution >= 4 is 5.70 Å². The van der Waals surface area contributed by atoms with E-state index in [0.717, 1.165) is 37.2 Å². The van der Waals surface area contributed by atoms with Gasteiger partial charge >= 0.3 is 0 Å². The van der Waals surface area contributed by atoms with Gasteiger partial charge in [-0.3, -0.25) is 0 Å². The lowest BCUT2D eigenvalue weighted by Crippen LogP contribution is -2.35. The zero-order valence-corrected chi connectivity index (χ0v) is 13.5. The predicted molar refractivity (Wildman–Crippen MR) is 87.3 cm³/mol. The molecule has 2 nitrogen and oxygen atoms in total. The maximum Gasteiger partial charge on any atom is 0.132 e. The van der Waals surface area contributed by atoms with Crippen LogP contribution in [-0.2, 0) is 6.42 Å². The van der Waals surface area contributed by atoms with Crippen LogP contribution >= 0.6 is 0 Å². The van der Waals surface area contributed by atoms with Crippen molar-refractivity contribution in [1.29, 1.82) is 0 Å². The van der Waals surface area contributed by atoms with Gasteiger partial charge < -0.3 is 10.6 Å². The summed E-state index contributed by atoms with van der Waals surface area (Å²) in [5.41, 5.74) is 8.48. The number of nitrogens with two attached hydrogens (primary N) is 1. The van der Waals surface area contributed by atoms with Crippen LogP contribution in [0.4, 0.5) is 4.39 Å². The van der Waals surface area contributed by atoms with Crippen LogP contribution < -0.4 is 5.73 Å². The molecule has 1 aromatic rings. The first kappa shape index (κ1) is 16.0. The Morgan fingerprint density at radius 2 is 2.19 bits per heavy atom. The molecule has 0 aliphatic carbocycles. The third-order valence-electron chi connectivity index (χ3n) is 5.07. The molecule has 2 rings (SSSR count). The van der Waals surface area contributed by atoms with Gasteiger partial charge in [-0.1, -0.05) is 39.8 Å². The Hall–Kier alpha value is -1.35. The van der Waals surface area contributed by atoms with E-state index < -0.39 is 0 Å². The lowest BCUT2D eigenvalue weighted by atomic mass is 9.79. The van der Waals surface area contributed by atoms with Gasteiger partial charge in [0.15, 0.2) is 0 Å². The summed E-state index contributed by atoms with van der Waals surface area (Å²) in [6.45, 7) is 13.0. The predicted octanol–water partition coefficient (Wildman–Crippen LogP) is 3.67. The molecule has 1 aromatic carbocycles. The van der Waals surface area contributed by atoms with Gasteiger partial charge in [0.2, 0.25) is 0 Å². The molecule has 0 bridgehead atoms. The van der Waals surface area contributed by atoms with E-state index >= 15 is 0 Å². The molecular formula is C18H27FN2. The van der Waals surface area contributed by atoms with Crippen molar-refractivity contribution in [2.24, 2.45) is 17.1 Å². The van der Waals surface area contributed by atoms with Crippen LogP contribution in [0, 0.1) is 17.2 Å². The third-order valence-corrected chi connectivity index (χ3v) is 5.07. The number of likely N-dealkylation sites (tertiary alicyclic amines) is 1. The number of benzene rings is 1. The van der Waals surface area contributed by atoms with Crippen molar-refractivity contribution in [2.75, 3.05) is 19.6 Å². The highest BCUT2D eigenvalue weighted by Crippen LogP contribution is 2.40. The van der Waals surface area contributed by atoms with Crippen molar-refractivity contribution in [2.45, 2.75) is 33.6 Å². The average molecular weight is 290 g/mol. The number of hydrogen-bond donors (Lipinski definition) is 1. The molecule has 0 unspecified atom stereocenters. The Morgan fingerprint density at radius 3 is 2.67 bits per heavy atom. The molecule has 0 saturated carbocycles. The standard InChI is InChI=1S/C18H27FN2/c1-5-14-7-8-16(17(19)9-14)13(3)21-10-15(6-2)18(4,11-20)12-21/h7-9,15H,3,5-6,10-12,20H2,1-2,4H3/t15-,18+/m1/s1. The summed E-state index contributed by atoms with van der Waals surface area (Å²) in [5.74, 6) is 0.367. The highest BCUT2D eigenvalue weighted by Gasteiger charge is 2.41. The van der Waals surface area contributed by atoms with Gasteiger partial charge in [-0.25, -0.2) is 4.39 Å². The number of aryl methyl sites for hydroxylation is 1. The maximum atomic E-state index is 14.3. The van der Waals surface area contributed by atoms with Crippen LogP contribution in [0.15, 0.2) is 24.8 Å². The highest BCUT2D eigenvalue weighted by molar-refractivity contribution is 5.63. The van der Waals surface area contributed by atoms with Gasteiger partial charge in [0.05, 0.1) is 0 Å². The molecule has 0 spiro atoms. The molecule has 116 valence electrons. The minimum absolute atomic E-state index is 0.0948. The summed E-state index contributed by atoms with van der Waals surface area (Å²) in [6, 6.07) is 5.46. The van der Waals surface area contributed by atoms with E-state index in [1.807, 2.05) is 19.1 Å². The van der Waals surface area contributed by atoms with E-state index in [2.05, 4.69) is 25.3 Å². The molecular weight excluding hydrogens is 263 g/mol. The Kier molecular flexibility index (Phi) is 4.72. The van der Waals surface area contributed by atoms with E-state index in [-0.39, 0.29) is 11.2 Å². The minimum Gasteiger partial charge on any atom is -0.371 e. The van der Waals surface area contributed by atoms with Crippen molar-refractivity contribution in [1.82, 2.24) is 4.90 Å². The van der Waals surface area contributed by atoms with Crippen LogP contribution in [0.5, 0.6) is 0 Å². The monoisotopic (exact) mass is 290 g/mol. The minimum atomic E-state index is -0.172. The summed E-state index contributed by atoms with van der Waals surface area (Å²) >= 11 is 0. The summed E-state index contributed by atoms with van der Waals surface area (Å²) in [5, 5.41) is 0. The second-order valence-corrected chi connectivity index (χ2v) is 6.46. The summed E-state index contributed by atoms with van der Waals surface area (Å²) in [6.07, 6.45) is 1.94. The van der Waals surface area contributed by atoms with E-state index in [1.165, 1.54) is 0 Å². The summed E-state index contributed by atoms with van der Waals surface area (Å²) in [4.78, 5) is 2.20. The molecule has 1 fully saturated rings. The third kappa shape index (κ3) is 2.98. The molecule has 1 aliphatic heterocycles. The smallest absolute Gasteiger partial charge is 0.132 e. The molecule has 21 heavy (non-hydrogen) atoms. The number of rotatable bonds is 5.